The molecular formula is C17H16N8O. The zero-order chi connectivity index (χ0) is 18.1. The number of nitrogens with one attached hydrogen (secondary N) is 1. The Morgan fingerprint density at radius 3 is 2.69 bits per heavy atom. The number of pyridine rings is 1. The molecule has 0 bridgehead atoms. The Labute approximate surface area is 148 Å². The molecule has 26 heavy (non-hydrogen) atoms. The predicted octanol–water partition coefficient (Wildman–Crippen LogP) is 1.50. The molecule has 0 radical (unpaired) electrons. The molecule has 1 atom stereocenters. The van der Waals surface area contributed by atoms with Gasteiger partial charge in [0.15, 0.2) is 17.3 Å². The molecule has 1 unspecified atom stereocenters. The number of aryl methyl sites for hydroxylation is 1. The third-order valence-electron chi connectivity index (χ3n) is 4.08. The van der Waals surface area contributed by atoms with Gasteiger partial charge in [-0.15, -0.1) is 15.3 Å². The van der Waals surface area contributed by atoms with Gasteiger partial charge in [0.05, 0.1) is 17.3 Å². The molecule has 0 aliphatic rings. The van der Waals surface area contributed by atoms with Gasteiger partial charge in [-0.05, 0) is 48.5 Å². The van der Waals surface area contributed by atoms with Crippen LogP contribution in [-0.4, -0.2) is 40.7 Å². The van der Waals surface area contributed by atoms with E-state index < -0.39 is 0 Å². The fraction of sp³-hybridized carbons (Fsp3) is 0.176. The molecule has 3 aromatic heterocycles. The van der Waals surface area contributed by atoms with E-state index in [9.17, 15) is 4.79 Å². The zero-order valence-corrected chi connectivity index (χ0v) is 14.2. The van der Waals surface area contributed by atoms with Crippen LogP contribution < -0.4 is 5.32 Å². The first-order chi connectivity index (χ1) is 12.6. The van der Waals surface area contributed by atoms with Crippen LogP contribution in [0.15, 0.2) is 48.7 Å². The largest absolute Gasteiger partial charge is 0.342 e. The van der Waals surface area contributed by atoms with Gasteiger partial charge in [-0.2, -0.15) is 4.68 Å². The van der Waals surface area contributed by atoms with Crippen molar-refractivity contribution in [2.45, 2.75) is 19.9 Å². The number of carbonyl (C=O) groups excluding carboxylic acids is 1. The summed E-state index contributed by atoms with van der Waals surface area (Å²) >= 11 is 0. The molecular weight excluding hydrogens is 332 g/mol. The Morgan fingerprint density at radius 1 is 1.08 bits per heavy atom. The second-order valence-corrected chi connectivity index (χ2v) is 5.84. The molecule has 9 heteroatoms. The van der Waals surface area contributed by atoms with E-state index in [1.807, 2.05) is 41.8 Å². The number of hydrogen-bond donors (Lipinski definition) is 1. The molecule has 0 fully saturated rings. The number of rotatable bonds is 4. The molecule has 0 aliphatic heterocycles. The van der Waals surface area contributed by atoms with Crippen molar-refractivity contribution < 1.29 is 4.79 Å². The van der Waals surface area contributed by atoms with Crippen molar-refractivity contribution in [3.05, 3.63) is 65.9 Å². The maximum Gasteiger partial charge on any atom is 0.254 e. The fourth-order valence-corrected chi connectivity index (χ4v) is 2.80. The molecule has 9 nitrogen and oxygen atoms in total. The highest BCUT2D eigenvalue weighted by atomic mass is 16.1. The van der Waals surface area contributed by atoms with E-state index in [1.165, 1.54) is 4.68 Å². The minimum atomic E-state index is -0.331. The van der Waals surface area contributed by atoms with Gasteiger partial charge in [0.1, 0.15) is 0 Å². The number of nitrogens with zero attached hydrogens (tertiary/aromatic N) is 7. The highest BCUT2D eigenvalue weighted by Gasteiger charge is 2.20. The lowest BCUT2D eigenvalue weighted by Crippen LogP contribution is -2.29. The summed E-state index contributed by atoms with van der Waals surface area (Å²) in [6.45, 7) is 3.64. The van der Waals surface area contributed by atoms with Crippen molar-refractivity contribution >= 4 is 11.6 Å². The molecule has 1 aromatic carbocycles. The van der Waals surface area contributed by atoms with Gasteiger partial charge in [-0.3, -0.25) is 9.20 Å². The lowest BCUT2D eigenvalue weighted by molar-refractivity contribution is 0.0938. The molecule has 0 spiro atoms. The number of para-hydroxylation sites is 1. The van der Waals surface area contributed by atoms with Gasteiger partial charge >= 0.3 is 0 Å². The average molecular weight is 348 g/mol. The molecule has 1 amide bonds. The summed E-state index contributed by atoms with van der Waals surface area (Å²) in [6.07, 6.45) is 1.87. The van der Waals surface area contributed by atoms with Crippen molar-refractivity contribution in [1.29, 1.82) is 0 Å². The third-order valence-corrected chi connectivity index (χ3v) is 4.08. The van der Waals surface area contributed by atoms with Crippen LogP contribution in [0.25, 0.3) is 11.3 Å². The number of benzene rings is 1. The van der Waals surface area contributed by atoms with Crippen LogP contribution in [0.1, 0.15) is 35.0 Å². The van der Waals surface area contributed by atoms with Crippen LogP contribution in [0.5, 0.6) is 0 Å². The standard InChI is InChI=1S/C17H16N8O/c1-11(16-21-20-15-9-5-6-10-24(15)16)18-17(26)13-7-3-4-8-14(13)25-12(2)19-22-23-25/h3-11H,1-2H3,(H,18,26). The second-order valence-electron chi connectivity index (χ2n) is 5.84. The monoisotopic (exact) mass is 348 g/mol. The molecule has 1 N–H and O–H groups in total. The third kappa shape index (κ3) is 2.69. The van der Waals surface area contributed by atoms with Crippen LogP contribution in [0.2, 0.25) is 0 Å². The lowest BCUT2D eigenvalue weighted by Gasteiger charge is -2.14. The summed E-state index contributed by atoms with van der Waals surface area (Å²) in [5.41, 5.74) is 1.82. The Morgan fingerprint density at radius 2 is 1.88 bits per heavy atom. The van der Waals surface area contributed by atoms with Crippen LogP contribution in [0.4, 0.5) is 0 Å². The van der Waals surface area contributed by atoms with Gasteiger partial charge in [0.25, 0.3) is 5.91 Å². The molecule has 4 rings (SSSR count). The Hall–Kier alpha value is -3.62. The van der Waals surface area contributed by atoms with Gasteiger partial charge in [-0.25, -0.2) is 0 Å². The van der Waals surface area contributed by atoms with Gasteiger partial charge in [-0.1, -0.05) is 18.2 Å². The van der Waals surface area contributed by atoms with Crippen LogP contribution >= 0.6 is 0 Å². The normalized spacial score (nSPS) is 12.2. The van der Waals surface area contributed by atoms with E-state index >= 15 is 0 Å². The van der Waals surface area contributed by atoms with Crippen molar-refractivity contribution in [2.24, 2.45) is 0 Å². The number of hydrogen-bond acceptors (Lipinski definition) is 6. The van der Waals surface area contributed by atoms with E-state index in [1.54, 1.807) is 25.1 Å². The topological polar surface area (TPSA) is 103 Å². The van der Waals surface area contributed by atoms with Crippen LogP contribution in [0, 0.1) is 6.92 Å². The summed E-state index contributed by atoms with van der Waals surface area (Å²) in [7, 11) is 0. The van der Waals surface area contributed by atoms with Crippen LogP contribution in [-0.2, 0) is 0 Å². The molecule has 4 aromatic rings. The summed E-state index contributed by atoms with van der Waals surface area (Å²) in [5, 5.41) is 22.7. The number of fused-ring (bicyclic) bond motifs is 1. The van der Waals surface area contributed by atoms with Gasteiger partial charge < -0.3 is 5.32 Å². The number of aromatic nitrogens is 7. The molecule has 0 saturated heterocycles. The zero-order valence-electron chi connectivity index (χ0n) is 14.2. The minimum absolute atomic E-state index is 0.240. The van der Waals surface area contributed by atoms with Gasteiger partial charge in [0, 0.05) is 6.20 Å². The second kappa shape index (κ2) is 6.36. The van der Waals surface area contributed by atoms with E-state index in [2.05, 4.69) is 31.0 Å². The van der Waals surface area contributed by atoms with E-state index in [4.69, 9.17) is 0 Å². The molecule has 130 valence electrons. The fourth-order valence-electron chi connectivity index (χ4n) is 2.80. The van der Waals surface area contributed by atoms with Crippen molar-refractivity contribution in [1.82, 2.24) is 40.1 Å². The summed E-state index contributed by atoms with van der Waals surface area (Å²) in [5.74, 6) is 1.02. The SMILES string of the molecule is Cc1nnnn1-c1ccccc1C(=O)NC(C)c1nnc2ccccn12. The van der Waals surface area contributed by atoms with Crippen molar-refractivity contribution in [3.63, 3.8) is 0 Å². The van der Waals surface area contributed by atoms with Gasteiger partial charge in [0.2, 0.25) is 0 Å². The van der Waals surface area contributed by atoms with E-state index in [0.29, 0.717) is 22.9 Å². The Bertz CT molecular complexity index is 1080. The number of tetrazole rings is 1. The maximum absolute atomic E-state index is 12.9. The Balaban J connectivity index is 1.64. The first-order valence-corrected chi connectivity index (χ1v) is 8.10. The summed E-state index contributed by atoms with van der Waals surface area (Å²) in [6, 6.07) is 12.5. The molecule has 3 heterocycles. The van der Waals surface area contributed by atoms with E-state index in [0.717, 1.165) is 5.65 Å². The predicted molar refractivity (Wildman–Crippen MR) is 92.8 cm³/mol. The number of amides is 1. The first-order valence-electron chi connectivity index (χ1n) is 8.10. The molecule has 0 saturated carbocycles. The summed E-state index contributed by atoms with van der Waals surface area (Å²) < 4.78 is 3.38. The molecule has 0 aliphatic carbocycles. The maximum atomic E-state index is 12.9. The lowest BCUT2D eigenvalue weighted by atomic mass is 10.1. The summed E-state index contributed by atoms with van der Waals surface area (Å²) in [4.78, 5) is 12.9. The van der Waals surface area contributed by atoms with E-state index in [-0.39, 0.29) is 11.9 Å². The average Bonchev–Trinajstić information content (AvgIpc) is 3.27. The highest BCUT2D eigenvalue weighted by Crippen LogP contribution is 2.17. The van der Waals surface area contributed by atoms with Crippen molar-refractivity contribution in [2.75, 3.05) is 0 Å². The number of carbonyl (C=O) groups is 1. The quantitative estimate of drug-likeness (QED) is 0.599. The minimum Gasteiger partial charge on any atom is -0.342 e. The van der Waals surface area contributed by atoms with Crippen molar-refractivity contribution in [3.8, 4) is 5.69 Å². The first kappa shape index (κ1) is 15.9. The smallest absolute Gasteiger partial charge is 0.254 e. The highest BCUT2D eigenvalue weighted by molar-refractivity contribution is 5.97. The van der Waals surface area contributed by atoms with Crippen LogP contribution in [0.3, 0.4) is 0 Å². The Kier molecular flexibility index (Phi) is 3.88.